The molecule has 0 saturated carbocycles. The highest BCUT2D eigenvalue weighted by Gasteiger charge is 2.03. The summed E-state index contributed by atoms with van der Waals surface area (Å²) in [6.07, 6.45) is 2.42. The maximum absolute atomic E-state index is 11.8. The quantitative estimate of drug-likeness (QED) is 0.597. The van der Waals surface area contributed by atoms with Crippen molar-refractivity contribution in [2.24, 2.45) is 0 Å². The van der Waals surface area contributed by atoms with Gasteiger partial charge < -0.3 is 15.0 Å². The molecule has 0 heterocycles. The average Bonchev–Trinajstić information content (AvgIpc) is 2.57. The minimum absolute atomic E-state index is 0.117. The lowest BCUT2D eigenvalue weighted by Crippen LogP contribution is -2.30. The molecule has 0 unspecified atom stereocenters. The van der Waals surface area contributed by atoms with Crippen LogP contribution in [-0.4, -0.2) is 50.2 Å². The van der Waals surface area contributed by atoms with Crippen LogP contribution in [0.4, 0.5) is 0 Å². The first-order chi connectivity index (χ1) is 11.6. The summed E-state index contributed by atoms with van der Waals surface area (Å²) in [5.74, 6) is 0.117. The predicted octanol–water partition coefficient (Wildman–Crippen LogP) is 3.10. The van der Waals surface area contributed by atoms with Gasteiger partial charge in [0.2, 0.25) is 5.91 Å². The number of likely N-dealkylation sites (N-methyl/N-ethyl adjacent to an activating group) is 1. The molecule has 0 aliphatic carbocycles. The van der Waals surface area contributed by atoms with Crippen molar-refractivity contribution in [2.45, 2.75) is 47.0 Å². The second-order valence-corrected chi connectivity index (χ2v) is 6.26. The highest BCUT2D eigenvalue weighted by atomic mass is 16.5. The van der Waals surface area contributed by atoms with E-state index in [4.69, 9.17) is 4.74 Å². The Hall–Kier alpha value is -1.39. The van der Waals surface area contributed by atoms with Crippen LogP contribution in [0.3, 0.4) is 0 Å². The third-order valence-electron chi connectivity index (χ3n) is 4.46. The fourth-order valence-electron chi connectivity index (χ4n) is 2.60. The summed E-state index contributed by atoms with van der Waals surface area (Å²) < 4.78 is 5.56. The van der Waals surface area contributed by atoms with E-state index >= 15 is 0 Å². The molecular weight excluding hydrogens is 300 g/mol. The van der Waals surface area contributed by atoms with Gasteiger partial charge in [-0.1, -0.05) is 32.0 Å². The first-order valence-electron chi connectivity index (χ1n) is 9.19. The lowest BCUT2D eigenvalue weighted by Gasteiger charge is -2.17. The standard InChI is InChI=1S/C20H34N2O2/c1-5-22(6-2)13-15-24-14-12-21-20(23)9-7-8-19-11-10-17(3)18(4)16-19/h10-11,16H,5-9,12-15H2,1-4H3,(H,21,23). The van der Waals surface area contributed by atoms with E-state index in [0.717, 1.165) is 39.1 Å². The van der Waals surface area contributed by atoms with E-state index in [1.54, 1.807) is 0 Å². The molecule has 136 valence electrons. The number of benzene rings is 1. The van der Waals surface area contributed by atoms with Crippen LogP contribution in [0.1, 0.15) is 43.4 Å². The fourth-order valence-corrected chi connectivity index (χ4v) is 2.60. The van der Waals surface area contributed by atoms with Crippen molar-refractivity contribution in [2.75, 3.05) is 39.4 Å². The zero-order valence-corrected chi connectivity index (χ0v) is 15.9. The summed E-state index contributed by atoms with van der Waals surface area (Å²) >= 11 is 0. The van der Waals surface area contributed by atoms with Gasteiger partial charge >= 0.3 is 0 Å². The maximum Gasteiger partial charge on any atom is 0.220 e. The smallest absolute Gasteiger partial charge is 0.220 e. The molecule has 4 nitrogen and oxygen atoms in total. The summed E-state index contributed by atoms with van der Waals surface area (Å²) in [7, 11) is 0. The van der Waals surface area contributed by atoms with Crippen LogP contribution in [0.2, 0.25) is 0 Å². The molecule has 1 amide bonds. The average molecular weight is 335 g/mol. The number of aryl methyl sites for hydroxylation is 3. The summed E-state index contributed by atoms with van der Waals surface area (Å²) in [5, 5.41) is 2.93. The molecule has 24 heavy (non-hydrogen) atoms. The first-order valence-corrected chi connectivity index (χ1v) is 9.19. The van der Waals surface area contributed by atoms with Crippen LogP contribution in [0, 0.1) is 13.8 Å². The Morgan fingerprint density at radius 3 is 2.54 bits per heavy atom. The topological polar surface area (TPSA) is 41.6 Å². The van der Waals surface area contributed by atoms with Crippen LogP contribution in [0.5, 0.6) is 0 Å². The molecule has 0 aliphatic rings. The molecule has 1 rings (SSSR count). The Labute approximate surface area is 147 Å². The monoisotopic (exact) mass is 334 g/mol. The highest BCUT2D eigenvalue weighted by molar-refractivity contribution is 5.75. The van der Waals surface area contributed by atoms with Crippen molar-refractivity contribution >= 4 is 5.91 Å². The molecule has 0 atom stereocenters. The van der Waals surface area contributed by atoms with E-state index in [0.29, 0.717) is 19.6 Å². The number of ether oxygens (including phenoxy) is 1. The van der Waals surface area contributed by atoms with E-state index in [-0.39, 0.29) is 5.91 Å². The van der Waals surface area contributed by atoms with Crippen LogP contribution < -0.4 is 5.32 Å². The normalized spacial score (nSPS) is 11.0. The van der Waals surface area contributed by atoms with E-state index < -0.39 is 0 Å². The number of rotatable bonds is 12. The zero-order valence-electron chi connectivity index (χ0n) is 15.9. The van der Waals surface area contributed by atoms with Crippen LogP contribution in [-0.2, 0) is 16.0 Å². The van der Waals surface area contributed by atoms with Gasteiger partial charge in [0.25, 0.3) is 0 Å². The van der Waals surface area contributed by atoms with Gasteiger partial charge in [-0.05, 0) is 56.5 Å². The highest BCUT2D eigenvalue weighted by Crippen LogP contribution is 2.12. The van der Waals surface area contributed by atoms with E-state index in [1.807, 2.05) is 0 Å². The lowest BCUT2D eigenvalue weighted by atomic mass is 10.0. The van der Waals surface area contributed by atoms with Crippen molar-refractivity contribution < 1.29 is 9.53 Å². The molecule has 0 fully saturated rings. The molecule has 0 aromatic heterocycles. The number of nitrogens with zero attached hydrogens (tertiary/aromatic N) is 1. The Bertz CT molecular complexity index is 485. The summed E-state index contributed by atoms with van der Waals surface area (Å²) in [6, 6.07) is 6.53. The van der Waals surface area contributed by atoms with Crippen molar-refractivity contribution in [3.8, 4) is 0 Å². The third kappa shape index (κ3) is 8.46. The Morgan fingerprint density at radius 2 is 1.88 bits per heavy atom. The molecule has 0 saturated heterocycles. The molecule has 1 aromatic carbocycles. The largest absolute Gasteiger partial charge is 0.378 e. The van der Waals surface area contributed by atoms with Crippen molar-refractivity contribution in [1.82, 2.24) is 10.2 Å². The number of carbonyl (C=O) groups excluding carboxylic acids is 1. The second-order valence-electron chi connectivity index (χ2n) is 6.26. The van der Waals surface area contributed by atoms with Crippen molar-refractivity contribution in [3.63, 3.8) is 0 Å². The van der Waals surface area contributed by atoms with Gasteiger partial charge in [0.05, 0.1) is 13.2 Å². The molecular formula is C20H34N2O2. The van der Waals surface area contributed by atoms with Gasteiger partial charge in [-0.3, -0.25) is 4.79 Å². The fraction of sp³-hybridized carbons (Fsp3) is 0.650. The maximum atomic E-state index is 11.8. The van der Waals surface area contributed by atoms with Crippen LogP contribution in [0.25, 0.3) is 0 Å². The first kappa shape index (κ1) is 20.7. The molecule has 1 N–H and O–H groups in total. The number of carbonyl (C=O) groups is 1. The summed E-state index contributed by atoms with van der Waals surface area (Å²) in [4.78, 5) is 14.1. The van der Waals surface area contributed by atoms with Crippen LogP contribution >= 0.6 is 0 Å². The SMILES string of the molecule is CCN(CC)CCOCCNC(=O)CCCc1ccc(C)c(C)c1. The number of hydrogen-bond acceptors (Lipinski definition) is 3. The van der Waals surface area contributed by atoms with Gasteiger partial charge in [0.1, 0.15) is 0 Å². The molecule has 1 aromatic rings. The van der Waals surface area contributed by atoms with E-state index in [2.05, 4.69) is 56.1 Å². The van der Waals surface area contributed by atoms with Gasteiger partial charge in [-0.25, -0.2) is 0 Å². The Balaban J connectivity index is 2.05. The van der Waals surface area contributed by atoms with Crippen molar-refractivity contribution in [3.05, 3.63) is 34.9 Å². The van der Waals surface area contributed by atoms with Crippen LogP contribution in [0.15, 0.2) is 18.2 Å². The lowest BCUT2D eigenvalue weighted by molar-refractivity contribution is -0.121. The van der Waals surface area contributed by atoms with Gasteiger partial charge in [-0.2, -0.15) is 0 Å². The van der Waals surface area contributed by atoms with Gasteiger partial charge in [0.15, 0.2) is 0 Å². The predicted molar refractivity (Wildman–Crippen MR) is 100 cm³/mol. The Kier molecular flexibility index (Phi) is 10.4. The minimum Gasteiger partial charge on any atom is -0.378 e. The van der Waals surface area contributed by atoms with E-state index in [1.165, 1.54) is 16.7 Å². The second kappa shape index (κ2) is 12.0. The molecule has 0 spiro atoms. The molecule has 0 bridgehead atoms. The molecule has 4 heteroatoms. The number of hydrogen-bond donors (Lipinski definition) is 1. The summed E-state index contributed by atoms with van der Waals surface area (Å²) in [6.45, 7) is 13.5. The van der Waals surface area contributed by atoms with Gasteiger partial charge in [-0.15, -0.1) is 0 Å². The third-order valence-corrected chi connectivity index (χ3v) is 4.46. The number of nitrogens with one attached hydrogen (secondary N) is 1. The van der Waals surface area contributed by atoms with Gasteiger partial charge in [0, 0.05) is 19.5 Å². The Morgan fingerprint density at radius 1 is 1.12 bits per heavy atom. The molecule has 0 radical (unpaired) electrons. The zero-order chi connectivity index (χ0) is 17.8. The minimum atomic E-state index is 0.117. The summed E-state index contributed by atoms with van der Waals surface area (Å²) in [5.41, 5.74) is 3.95. The van der Waals surface area contributed by atoms with Crippen molar-refractivity contribution in [1.29, 1.82) is 0 Å². The number of amides is 1. The molecule has 0 aliphatic heterocycles. The van der Waals surface area contributed by atoms with E-state index in [9.17, 15) is 4.79 Å².